The average molecular weight is 438 g/mol. The van der Waals surface area contributed by atoms with E-state index < -0.39 is 5.63 Å². The summed E-state index contributed by atoms with van der Waals surface area (Å²) in [6.45, 7) is 6.02. The molecule has 1 aliphatic rings. The van der Waals surface area contributed by atoms with Crippen LogP contribution >= 0.6 is 0 Å². The lowest BCUT2D eigenvalue weighted by molar-refractivity contribution is -0.117. The van der Waals surface area contributed by atoms with E-state index in [0.717, 1.165) is 16.5 Å². The fourth-order valence-electron chi connectivity index (χ4n) is 3.77. The molecule has 168 valence electrons. The molecule has 0 unspecified atom stereocenters. The van der Waals surface area contributed by atoms with Crippen LogP contribution in [0.2, 0.25) is 0 Å². The van der Waals surface area contributed by atoms with Gasteiger partial charge < -0.3 is 24.3 Å². The van der Waals surface area contributed by atoms with Gasteiger partial charge in [0, 0.05) is 35.8 Å². The van der Waals surface area contributed by atoms with Crippen LogP contribution in [0.3, 0.4) is 0 Å². The highest BCUT2D eigenvalue weighted by molar-refractivity contribution is 5.92. The molecule has 2 aromatic carbocycles. The third kappa shape index (κ3) is 4.70. The van der Waals surface area contributed by atoms with Crippen LogP contribution in [0.15, 0.2) is 45.6 Å². The number of benzene rings is 2. The Morgan fingerprint density at radius 2 is 1.84 bits per heavy atom. The van der Waals surface area contributed by atoms with Gasteiger partial charge in [0.2, 0.25) is 5.91 Å². The smallest absolute Gasteiger partial charge is 0.336 e. The Kier molecular flexibility index (Phi) is 6.32. The summed E-state index contributed by atoms with van der Waals surface area (Å²) in [5.41, 5.74) is 1.99. The predicted octanol–water partition coefficient (Wildman–Crippen LogP) is 3.29. The van der Waals surface area contributed by atoms with Crippen molar-refractivity contribution in [2.45, 2.75) is 26.8 Å². The fourth-order valence-corrected chi connectivity index (χ4v) is 3.77. The maximum atomic E-state index is 12.7. The van der Waals surface area contributed by atoms with Crippen LogP contribution in [0, 0.1) is 0 Å². The highest BCUT2D eigenvalue weighted by atomic mass is 16.6. The molecule has 3 aromatic rings. The number of ether oxygens (including phenoxy) is 2. The number of carbonyl (C=O) groups excluding carboxylic acids is 1. The number of likely N-dealkylation sites (N-methyl/N-ethyl adjacent to an activating group) is 1. The van der Waals surface area contributed by atoms with Crippen LogP contribution in [-0.2, 0) is 17.8 Å². The molecule has 32 heavy (non-hydrogen) atoms. The Labute approximate surface area is 185 Å². The Balaban J connectivity index is 1.50. The third-order valence-corrected chi connectivity index (χ3v) is 5.44. The number of hydrogen-bond donors (Lipinski definition) is 2. The van der Waals surface area contributed by atoms with Gasteiger partial charge in [0.15, 0.2) is 11.5 Å². The van der Waals surface area contributed by atoms with Crippen molar-refractivity contribution in [3.63, 3.8) is 0 Å². The number of aromatic hydroxyl groups is 1. The lowest BCUT2D eigenvalue weighted by Crippen LogP contribution is -2.33. The SMILES string of the molecule is CCc1cc2c(CN(CC)CC(=O)Nc3ccc4c(c3)OCCO4)cc(=O)oc2cc1O. The minimum atomic E-state index is -0.493. The predicted molar refractivity (Wildman–Crippen MR) is 121 cm³/mol. The van der Waals surface area contributed by atoms with Crippen molar-refractivity contribution >= 4 is 22.6 Å². The zero-order valence-corrected chi connectivity index (χ0v) is 18.1. The molecule has 0 saturated heterocycles. The molecule has 0 bridgehead atoms. The first-order chi connectivity index (χ1) is 15.5. The van der Waals surface area contributed by atoms with Crippen molar-refractivity contribution in [1.29, 1.82) is 0 Å². The second-order valence-corrected chi connectivity index (χ2v) is 7.63. The first kappa shape index (κ1) is 21.7. The van der Waals surface area contributed by atoms with Crippen molar-refractivity contribution in [2.24, 2.45) is 0 Å². The molecule has 0 aliphatic carbocycles. The van der Waals surface area contributed by atoms with Gasteiger partial charge in [0.25, 0.3) is 0 Å². The Bertz CT molecular complexity index is 1200. The van der Waals surface area contributed by atoms with Crippen LogP contribution in [-0.4, -0.2) is 42.2 Å². The molecule has 0 atom stereocenters. The molecule has 4 rings (SSSR count). The van der Waals surface area contributed by atoms with E-state index in [0.29, 0.717) is 55.5 Å². The molecule has 8 nitrogen and oxygen atoms in total. The average Bonchev–Trinajstić information content (AvgIpc) is 2.78. The van der Waals surface area contributed by atoms with Crippen LogP contribution < -0.4 is 20.4 Å². The summed E-state index contributed by atoms with van der Waals surface area (Å²) in [6.07, 6.45) is 0.649. The zero-order chi connectivity index (χ0) is 22.7. The maximum absolute atomic E-state index is 12.7. The van der Waals surface area contributed by atoms with Crippen molar-refractivity contribution < 1.29 is 23.8 Å². The largest absolute Gasteiger partial charge is 0.508 e. The molecule has 1 aliphatic heterocycles. The van der Waals surface area contributed by atoms with Gasteiger partial charge in [0.1, 0.15) is 24.5 Å². The van der Waals surface area contributed by atoms with Gasteiger partial charge in [-0.25, -0.2) is 4.79 Å². The molecule has 0 spiro atoms. The lowest BCUT2D eigenvalue weighted by atomic mass is 10.0. The van der Waals surface area contributed by atoms with E-state index in [1.54, 1.807) is 18.2 Å². The van der Waals surface area contributed by atoms with Crippen molar-refractivity contribution in [1.82, 2.24) is 4.90 Å². The van der Waals surface area contributed by atoms with E-state index in [4.69, 9.17) is 13.9 Å². The summed E-state index contributed by atoms with van der Waals surface area (Å²) in [4.78, 5) is 26.7. The van der Waals surface area contributed by atoms with E-state index in [1.165, 1.54) is 12.1 Å². The summed E-state index contributed by atoms with van der Waals surface area (Å²) < 4.78 is 16.3. The number of anilines is 1. The lowest BCUT2D eigenvalue weighted by Gasteiger charge is -2.21. The monoisotopic (exact) mass is 438 g/mol. The fraction of sp³-hybridized carbons (Fsp3) is 0.333. The molecule has 1 aromatic heterocycles. The number of rotatable bonds is 7. The topological polar surface area (TPSA) is 101 Å². The van der Waals surface area contributed by atoms with Crippen LogP contribution in [0.4, 0.5) is 5.69 Å². The molecule has 0 fully saturated rings. The van der Waals surface area contributed by atoms with E-state index >= 15 is 0 Å². The zero-order valence-electron chi connectivity index (χ0n) is 18.1. The van der Waals surface area contributed by atoms with E-state index in [-0.39, 0.29) is 18.2 Å². The highest BCUT2D eigenvalue weighted by Crippen LogP contribution is 2.32. The standard InChI is InChI=1S/C24H26N2O6/c1-3-15-9-18-16(10-24(29)32-21(18)12-19(15)27)13-26(4-2)14-23(28)25-17-5-6-20-22(11-17)31-8-7-30-20/h5-6,9-12,27H,3-4,7-8,13-14H2,1-2H3,(H,25,28). The summed E-state index contributed by atoms with van der Waals surface area (Å²) >= 11 is 0. The van der Waals surface area contributed by atoms with Gasteiger partial charge in [-0.15, -0.1) is 0 Å². The Morgan fingerprint density at radius 3 is 2.59 bits per heavy atom. The van der Waals surface area contributed by atoms with E-state index in [1.807, 2.05) is 24.8 Å². The summed E-state index contributed by atoms with van der Waals surface area (Å²) in [7, 11) is 0. The first-order valence-corrected chi connectivity index (χ1v) is 10.7. The number of nitrogens with one attached hydrogen (secondary N) is 1. The second-order valence-electron chi connectivity index (χ2n) is 7.63. The highest BCUT2D eigenvalue weighted by Gasteiger charge is 2.16. The van der Waals surface area contributed by atoms with E-state index in [2.05, 4.69) is 5.32 Å². The normalized spacial score (nSPS) is 12.8. The number of carbonyl (C=O) groups is 1. The van der Waals surface area contributed by atoms with Gasteiger partial charge in [-0.3, -0.25) is 9.69 Å². The van der Waals surface area contributed by atoms with Crippen LogP contribution in [0.5, 0.6) is 17.2 Å². The number of fused-ring (bicyclic) bond motifs is 2. The van der Waals surface area contributed by atoms with Crippen molar-refractivity contribution in [2.75, 3.05) is 31.6 Å². The van der Waals surface area contributed by atoms with Crippen LogP contribution in [0.25, 0.3) is 11.0 Å². The molecular formula is C24H26N2O6. The number of hydrogen-bond acceptors (Lipinski definition) is 7. The number of amides is 1. The Morgan fingerprint density at radius 1 is 1.06 bits per heavy atom. The number of phenols is 1. The molecular weight excluding hydrogens is 412 g/mol. The van der Waals surface area contributed by atoms with Crippen LogP contribution in [0.1, 0.15) is 25.0 Å². The number of nitrogens with zero attached hydrogens (tertiary/aromatic N) is 1. The quantitative estimate of drug-likeness (QED) is 0.546. The van der Waals surface area contributed by atoms with E-state index in [9.17, 15) is 14.7 Å². The molecule has 2 heterocycles. The van der Waals surface area contributed by atoms with Crippen molar-refractivity contribution in [3.8, 4) is 17.2 Å². The molecule has 0 saturated carbocycles. The summed E-state index contributed by atoms with van der Waals surface area (Å²) in [5, 5.41) is 13.8. The Hall–Kier alpha value is -3.52. The summed E-state index contributed by atoms with van der Waals surface area (Å²) in [5.74, 6) is 1.20. The maximum Gasteiger partial charge on any atom is 0.336 e. The second kappa shape index (κ2) is 9.32. The van der Waals surface area contributed by atoms with Gasteiger partial charge in [-0.05, 0) is 42.3 Å². The number of aryl methyl sites for hydroxylation is 1. The van der Waals surface area contributed by atoms with Gasteiger partial charge in [-0.2, -0.15) is 0 Å². The molecule has 0 radical (unpaired) electrons. The van der Waals surface area contributed by atoms with Crippen molar-refractivity contribution in [3.05, 3.63) is 57.9 Å². The summed E-state index contributed by atoms with van der Waals surface area (Å²) in [6, 6.07) is 10.1. The van der Waals surface area contributed by atoms with Gasteiger partial charge in [0.05, 0.1) is 6.54 Å². The molecule has 2 N–H and O–H groups in total. The minimum absolute atomic E-state index is 0.103. The number of phenolic OH excluding ortho intramolecular Hbond substituents is 1. The third-order valence-electron chi connectivity index (χ3n) is 5.44. The molecule has 8 heteroatoms. The van der Waals surface area contributed by atoms with Gasteiger partial charge in [-0.1, -0.05) is 13.8 Å². The first-order valence-electron chi connectivity index (χ1n) is 10.7. The minimum Gasteiger partial charge on any atom is -0.508 e. The van der Waals surface area contributed by atoms with Gasteiger partial charge >= 0.3 is 5.63 Å². The molecule has 1 amide bonds.